The molecule has 0 spiro atoms. The number of carbonyl (C=O) groups is 2. The van der Waals surface area contributed by atoms with Crippen molar-refractivity contribution in [3.8, 4) is 0 Å². The van der Waals surface area contributed by atoms with Crippen molar-refractivity contribution in [1.82, 2.24) is 4.90 Å². The highest BCUT2D eigenvalue weighted by Gasteiger charge is 2.37. The van der Waals surface area contributed by atoms with Gasteiger partial charge in [0.05, 0.1) is 16.4 Å². The van der Waals surface area contributed by atoms with Crippen LogP contribution in [0.5, 0.6) is 0 Å². The van der Waals surface area contributed by atoms with Gasteiger partial charge in [-0.25, -0.2) is 8.42 Å². The third-order valence-electron chi connectivity index (χ3n) is 4.77. The molecular formula is C21H25N3O4S. The Morgan fingerprint density at radius 1 is 0.862 bits per heavy atom. The molecule has 0 saturated carbocycles. The summed E-state index contributed by atoms with van der Waals surface area (Å²) in [5, 5.41) is 2.73. The second kappa shape index (κ2) is 7.87. The van der Waals surface area contributed by atoms with Crippen molar-refractivity contribution >= 4 is 33.2 Å². The maximum atomic E-state index is 12.5. The van der Waals surface area contributed by atoms with Crippen molar-refractivity contribution in [2.75, 3.05) is 10.0 Å². The van der Waals surface area contributed by atoms with Gasteiger partial charge < -0.3 is 5.32 Å². The van der Waals surface area contributed by atoms with Gasteiger partial charge >= 0.3 is 0 Å². The minimum absolute atomic E-state index is 0.189. The number of sulfonamides is 1. The lowest BCUT2D eigenvalue weighted by Gasteiger charge is -2.17. The number of fused-ring (bicyclic) bond motifs is 1. The molecule has 2 aromatic carbocycles. The minimum atomic E-state index is -3.37. The van der Waals surface area contributed by atoms with Crippen LogP contribution < -0.4 is 10.0 Å². The average molecular weight is 416 g/mol. The molecule has 0 bridgehead atoms. The number of hydrogen-bond acceptors (Lipinski definition) is 5. The number of nitrogens with zero attached hydrogens (tertiary/aromatic N) is 1. The lowest BCUT2D eigenvalue weighted by Crippen LogP contribution is -2.35. The van der Waals surface area contributed by atoms with Gasteiger partial charge in [0.25, 0.3) is 11.8 Å². The van der Waals surface area contributed by atoms with E-state index in [1.807, 2.05) is 26.0 Å². The molecule has 2 aromatic rings. The average Bonchev–Trinajstić information content (AvgIpc) is 2.91. The van der Waals surface area contributed by atoms with Crippen LogP contribution in [0.15, 0.2) is 42.5 Å². The number of hydrogen-bond donors (Lipinski definition) is 2. The van der Waals surface area contributed by atoms with Gasteiger partial charge in [0.15, 0.2) is 0 Å². The lowest BCUT2D eigenvalue weighted by atomic mass is 10.1. The predicted molar refractivity (Wildman–Crippen MR) is 114 cm³/mol. The van der Waals surface area contributed by atoms with Crippen LogP contribution in [0.3, 0.4) is 0 Å². The number of rotatable bonds is 7. The summed E-state index contributed by atoms with van der Waals surface area (Å²) < 4.78 is 26.4. The number of nitrogens with one attached hydrogen (secondary N) is 2. The first-order valence-electron chi connectivity index (χ1n) is 9.46. The molecule has 0 radical (unpaired) electrons. The van der Waals surface area contributed by atoms with Crippen molar-refractivity contribution in [3.05, 3.63) is 59.2 Å². The van der Waals surface area contributed by atoms with Crippen LogP contribution in [0.1, 0.15) is 54.0 Å². The molecule has 1 heterocycles. The highest BCUT2D eigenvalue weighted by Crippen LogP contribution is 2.27. The Hall–Kier alpha value is -2.87. The Balaban J connectivity index is 1.68. The summed E-state index contributed by atoms with van der Waals surface area (Å²) >= 11 is 0. The zero-order valence-electron chi connectivity index (χ0n) is 16.9. The molecule has 0 aromatic heterocycles. The first-order valence-corrected chi connectivity index (χ1v) is 11.0. The Labute approximate surface area is 171 Å². The van der Waals surface area contributed by atoms with Crippen molar-refractivity contribution < 1.29 is 18.0 Å². The highest BCUT2D eigenvalue weighted by molar-refractivity contribution is 7.93. The van der Waals surface area contributed by atoms with Crippen molar-refractivity contribution in [3.63, 3.8) is 0 Å². The third-order valence-corrected chi connectivity index (χ3v) is 6.53. The Morgan fingerprint density at radius 2 is 1.45 bits per heavy atom. The first kappa shape index (κ1) is 20.9. The van der Waals surface area contributed by atoms with Crippen LogP contribution in [-0.4, -0.2) is 36.4 Å². The SMILES string of the molecule is CC(C)N1C(=O)c2ccc(NCc3ccc(NS(=O)(=O)C(C)C)cc3)cc2C1=O. The number of benzene rings is 2. The summed E-state index contributed by atoms with van der Waals surface area (Å²) in [6, 6.07) is 12.0. The number of imide groups is 1. The van der Waals surface area contributed by atoms with E-state index in [1.165, 1.54) is 4.90 Å². The molecule has 3 rings (SSSR count). The predicted octanol–water partition coefficient (Wildman–Crippen LogP) is 3.45. The van der Waals surface area contributed by atoms with Gasteiger partial charge in [0, 0.05) is 24.0 Å². The number of carbonyl (C=O) groups excluding carboxylic acids is 2. The van der Waals surface area contributed by atoms with E-state index in [9.17, 15) is 18.0 Å². The standard InChI is InChI=1S/C21H25N3O4S/c1-13(2)24-20(25)18-10-9-17(11-19(18)21(24)26)22-12-15-5-7-16(8-6-15)23-29(27,28)14(3)4/h5-11,13-14,22-23H,12H2,1-4H3. The van der Waals surface area contributed by atoms with E-state index in [0.717, 1.165) is 11.3 Å². The fourth-order valence-corrected chi connectivity index (χ4v) is 3.72. The summed E-state index contributed by atoms with van der Waals surface area (Å²) in [4.78, 5) is 26.1. The minimum Gasteiger partial charge on any atom is -0.381 e. The fourth-order valence-electron chi connectivity index (χ4n) is 3.02. The number of anilines is 2. The summed E-state index contributed by atoms with van der Waals surface area (Å²) in [6.07, 6.45) is 0. The largest absolute Gasteiger partial charge is 0.381 e. The molecule has 154 valence electrons. The Kier molecular flexibility index (Phi) is 5.66. The summed E-state index contributed by atoms with van der Waals surface area (Å²) in [5.74, 6) is -0.531. The van der Waals surface area contributed by atoms with Crippen LogP contribution >= 0.6 is 0 Å². The summed E-state index contributed by atoms with van der Waals surface area (Å²) in [5.41, 5.74) is 3.03. The normalized spacial score (nSPS) is 13.9. The molecule has 29 heavy (non-hydrogen) atoms. The van der Waals surface area contributed by atoms with E-state index in [2.05, 4.69) is 10.0 Å². The van der Waals surface area contributed by atoms with Crippen molar-refractivity contribution in [2.45, 2.75) is 45.5 Å². The monoisotopic (exact) mass is 415 g/mol. The van der Waals surface area contributed by atoms with Crippen LogP contribution in [0, 0.1) is 0 Å². The maximum Gasteiger partial charge on any atom is 0.261 e. The molecule has 0 unspecified atom stereocenters. The van der Waals surface area contributed by atoms with Crippen molar-refractivity contribution in [2.24, 2.45) is 0 Å². The van der Waals surface area contributed by atoms with Gasteiger partial charge in [-0.05, 0) is 63.6 Å². The molecule has 0 aliphatic carbocycles. The summed E-state index contributed by atoms with van der Waals surface area (Å²) in [6.45, 7) is 7.36. The molecule has 1 aliphatic heterocycles. The molecule has 0 atom stereocenters. The van der Waals surface area contributed by atoms with Gasteiger partial charge in [-0.1, -0.05) is 12.1 Å². The van der Waals surface area contributed by atoms with E-state index in [1.54, 1.807) is 44.2 Å². The second-order valence-electron chi connectivity index (χ2n) is 7.58. The quantitative estimate of drug-likeness (QED) is 0.675. The summed E-state index contributed by atoms with van der Waals surface area (Å²) in [7, 11) is -3.37. The van der Waals surface area contributed by atoms with E-state index >= 15 is 0 Å². The van der Waals surface area contributed by atoms with Gasteiger partial charge in [-0.2, -0.15) is 0 Å². The van der Waals surface area contributed by atoms with E-state index in [0.29, 0.717) is 23.4 Å². The van der Waals surface area contributed by atoms with Gasteiger partial charge in [0.1, 0.15) is 0 Å². The molecule has 2 amide bonds. The van der Waals surface area contributed by atoms with E-state index in [-0.39, 0.29) is 17.9 Å². The zero-order chi connectivity index (χ0) is 21.3. The highest BCUT2D eigenvalue weighted by atomic mass is 32.2. The van der Waals surface area contributed by atoms with Crippen LogP contribution in [0.2, 0.25) is 0 Å². The van der Waals surface area contributed by atoms with Gasteiger partial charge in [-0.3, -0.25) is 19.2 Å². The maximum absolute atomic E-state index is 12.5. The van der Waals surface area contributed by atoms with Gasteiger partial charge in [0.2, 0.25) is 10.0 Å². The smallest absolute Gasteiger partial charge is 0.261 e. The van der Waals surface area contributed by atoms with E-state index in [4.69, 9.17) is 0 Å². The van der Waals surface area contributed by atoms with Crippen LogP contribution in [-0.2, 0) is 16.6 Å². The molecule has 8 heteroatoms. The first-order chi connectivity index (χ1) is 13.6. The Bertz CT molecular complexity index is 1040. The number of amides is 2. The molecule has 2 N–H and O–H groups in total. The Morgan fingerprint density at radius 3 is 2.03 bits per heavy atom. The molecule has 0 saturated heterocycles. The molecule has 0 fully saturated rings. The van der Waals surface area contributed by atoms with E-state index < -0.39 is 15.3 Å². The van der Waals surface area contributed by atoms with Gasteiger partial charge in [-0.15, -0.1) is 0 Å². The molecule has 1 aliphatic rings. The van der Waals surface area contributed by atoms with Crippen molar-refractivity contribution in [1.29, 1.82) is 0 Å². The van der Waals surface area contributed by atoms with Crippen LogP contribution in [0.25, 0.3) is 0 Å². The molecule has 7 nitrogen and oxygen atoms in total. The van der Waals surface area contributed by atoms with Crippen LogP contribution in [0.4, 0.5) is 11.4 Å². The topological polar surface area (TPSA) is 95.6 Å². The fraction of sp³-hybridized carbons (Fsp3) is 0.333. The third kappa shape index (κ3) is 4.27. The second-order valence-corrected chi connectivity index (χ2v) is 9.82. The molecular weight excluding hydrogens is 390 g/mol. The zero-order valence-corrected chi connectivity index (χ0v) is 17.7. The lowest BCUT2D eigenvalue weighted by molar-refractivity contribution is 0.0609.